The summed E-state index contributed by atoms with van der Waals surface area (Å²) in [5, 5.41) is 10.5. The van der Waals surface area contributed by atoms with Crippen LogP contribution >= 0.6 is 11.8 Å². The summed E-state index contributed by atoms with van der Waals surface area (Å²) in [5.74, 6) is 2.45. The lowest BCUT2D eigenvalue weighted by molar-refractivity contribution is 0.398. The SMILES string of the molecule is C[C@H]1CS[C@@H](CN)[C@@H]1CNC(=N)N. The van der Waals surface area contributed by atoms with Gasteiger partial charge in [-0.2, -0.15) is 11.8 Å². The second-order valence-electron chi connectivity index (χ2n) is 3.54. The topological polar surface area (TPSA) is 87.9 Å². The van der Waals surface area contributed by atoms with E-state index in [1.807, 2.05) is 11.8 Å². The van der Waals surface area contributed by atoms with Gasteiger partial charge in [-0.15, -0.1) is 0 Å². The van der Waals surface area contributed by atoms with Crippen LogP contribution in [-0.4, -0.2) is 30.1 Å². The highest BCUT2D eigenvalue weighted by atomic mass is 32.2. The van der Waals surface area contributed by atoms with Crippen molar-refractivity contribution >= 4 is 17.7 Å². The van der Waals surface area contributed by atoms with Crippen LogP contribution in [0.1, 0.15) is 6.92 Å². The normalized spacial score (nSPS) is 33.2. The zero-order chi connectivity index (χ0) is 9.84. The summed E-state index contributed by atoms with van der Waals surface area (Å²) in [7, 11) is 0. The number of nitrogens with one attached hydrogen (secondary N) is 2. The van der Waals surface area contributed by atoms with Gasteiger partial charge in [0.2, 0.25) is 0 Å². The van der Waals surface area contributed by atoms with Crippen LogP contribution in [0.4, 0.5) is 0 Å². The van der Waals surface area contributed by atoms with E-state index in [1.54, 1.807) is 0 Å². The van der Waals surface area contributed by atoms with Gasteiger partial charge in [-0.3, -0.25) is 5.41 Å². The Morgan fingerprint density at radius 3 is 2.92 bits per heavy atom. The minimum Gasteiger partial charge on any atom is -0.370 e. The van der Waals surface area contributed by atoms with Gasteiger partial charge in [-0.25, -0.2) is 0 Å². The Bertz CT molecular complexity index is 185. The monoisotopic (exact) mass is 202 g/mol. The molecule has 0 aliphatic carbocycles. The van der Waals surface area contributed by atoms with Crippen LogP contribution in [0.25, 0.3) is 0 Å². The van der Waals surface area contributed by atoms with Crippen molar-refractivity contribution in [2.45, 2.75) is 12.2 Å². The van der Waals surface area contributed by atoms with Gasteiger partial charge in [0.05, 0.1) is 0 Å². The zero-order valence-electron chi connectivity index (χ0n) is 7.92. The Morgan fingerprint density at radius 2 is 2.38 bits per heavy atom. The Morgan fingerprint density at radius 1 is 1.69 bits per heavy atom. The lowest BCUT2D eigenvalue weighted by atomic mass is 9.92. The summed E-state index contributed by atoms with van der Waals surface area (Å²) in [6.45, 7) is 3.74. The first kappa shape index (κ1) is 10.7. The molecule has 1 aliphatic rings. The van der Waals surface area contributed by atoms with E-state index in [0.29, 0.717) is 17.1 Å². The van der Waals surface area contributed by atoms with Gasteiger partial charge in [-0.1, -0.05) is 6.92 Å². The summed E-state index contributed by atoms with van der Waals surface area (Å²) in [6, 6.07) is 0. The van der Waals surface area contributed by atoms with Gasteiger partial charge in [-0.05, 0) is 17.6 Å². The van der Waals surface area contributed by atoms with Crippen molar-refractivity contribution in [1.29, 1.82) is 5.41 Å². The molecule has 0 amide bonds. The number of hydrogen-bond donors (Lipinski definition) is 4. The zero-order valence-corrected chi connectivity index (χ0v) is 8.73. The predicted octanol–water partition coefficient (Wildman–Crippen LogP) is -0.204. The van der Waals surface area contributed by atoms with Crippen LogP contribution in [0.2, 0.25) is 0 Å². The van der Waals surface area contributed by atoms with E-state index in [1.165, 1.54) is 5.75 Å². The van der Waals surface area contributed by atoms with Crippen LogP contribution in [0.5, 0.6) is 0 Å². The molecule has 5 heteroatoms. The second kappa shape index (κ2) is 4.72. The molecule has 0 spiro atoms. The molecule has 0 aromatic heterocycles. The molecule has 0 bridgehead atoms. The average Bonchev–Trinajstić information content (AvgIpc) is 2.43. The van der Waals surface area contributed by atoms with Crippen LogP contribution < -0.4 is 16.8 Å². The molecule has 1 heterocycles. The molecule has 1 fully saturated rings. The maximum atomic E-state index is 7.08. The van der Waals surface area contributed by atoms with Crippen molar-refractivity contribution < 1.29 is 0 Å². The molecular formula is C8H18N4S. The highest BCUT2D eigenvalue weighted by Crippen LogP contribution is 2.35. The van der Waals surface area contributed by atoms with Crippen molar-refractivity contribution in [3.05, 3.63) is 0 Å². The van der Waals surface area contributed by atoms with Crippen molar-refractivity contribution in [2.24, 2.45) is 23.3 Å². The smallest absolute Gasteiger partial charge is 0.185 e. The number of guanidine groups is 1. The quantitative estimate of drug-likeness (QED) is 0.377. The van der Waals surface area contributed by atoms with E-state index >= 15 is 0 Å². The molecule has 76 valence electrons. The van der Waals surface area contributed by atoms with Crippen LogP contribution in [0.15, 0.2) is 0 Å². The Hall–Kier alpha value is -0.420. The standard InChI is InChI=1S/C8H18N4S/c1-5-4-13-7(2-9)6(5)3-12-8(10)11/h5-7H,2-4,9H2,1H3,(H4,10,11,12)/t5-,6+,7-/m0/s1. The fraction of sp³-hybridized carbons (Fsp3) is 0.875. The second-order valence-corrected chi connectivity index (χ2v) is 4.82. The molecule has 0 radical (unpaired) electrons. The van der Waals surface area contributed by atoms with Gasteiger partial charge in [0.25, 0.3) is 0 Å². The fourth-order valence-electron chi connectivity index (χ4n) is 1.69. The number of hydrogen-bond acceptors (Lipinski definition) is 3. The van der Waals surface area contributed by atoms with Crippen molar-refractivity contribution in [1.82, 2.24) is 5.32 Å². The molecule has 6 N–H and O–H groups in total. The third kappa shape index (κ3) is 2.77. The summed E-state index contributed by atoms with van der Waals surface area (Å²) in [6.07, 6.45) is 0. The maximum absolute atomic E-state index is 7.08. The van der Waals surface area contributed by atoms with E-state index in [0.717, 1.165) is 13.1 Å². The molecule has 3 atom stereocenters. The minimum absolute atomic E-state index is 0.0554. The highest BCUT2D eigenvalue weighted by molar-refractivity contribution is 8.00. The van der Waals surface area contributed by atoms with Gasteiger partial charge in [0.15, 0.2) is 5.96 Å². The first-order valence-corrected chi connectivity index (χ1v) is 5.59. The van der Waals surface area contributed by atoms with Crippen molar-refractivity contribution in [3.63, 3.8) is 0 Å². The molecule has 4 nitrogen and oxygen atoms in total. The Balaban J connectivity index is 2.40. The number of nitrogens with two attached hydrogens (primary N) is 2. The van der Waals surface area contributed by atoms with Gasteiger partial charge < -0.3 is 16.8 Å². The first-order chi connectivity index (χ1) is 6.15. The van der Waals surface area contributed by atoms with E-state index in [2.05, 4.69) is 12.2 Å². The molecule has 1 aliphatic heterocycles. The lowest BCUT2D eigenvalue weighted by Crippen LogP contribution is -2.39. The van der Waals surface area contributed by atoms with E-state index in [9.17, 15) is 0 Å². The highest BCUT2D eigenvalue weighted by Gasteiger charge is 2.32. The molecule has 0 unspecified atom stereocenters. The van der Waals surface area contributed by atoms with Crippen molar-refractivity contribution in [2.75, 3.05) is 18.8 Å². The van der Waals surface area contributed by atoms with Crippen LogP contribution in [0, 0.1) is 17.2 Å². The largest absolute Gasteiger partial charge is 0.370 e. The van der Waals surface area contributed by atoms with E-state index in [4.69, 9.17) is 16.9 Å². The number of rotatable bonds is 3. The molecular weight excluding hydrogens is 184 g/mol. The molecule has 1 rings (SSSR count). The third-order valence-electron chi connectivity index (χ3n) is 2.54. The predicted molar refractivity (Wildman–Crippen MR) is 57.9 cm³/mol. The van der Waals surface area contributed by atoms with E-state index in [-0.39, 0.29) is 5.96 Å². The maximum Gasteiger partial charge on any atom is 0.185 e. The Kier molecular flexibility index (Phi) is 3.87. The van der Waals surface area contributed by atoms with Crippen LogP contribution in [-0.2, 0) is 0 Å². The molecule has 1 saturated heterocycles. The van der Waals surface area contributed by atoms with Gasteiger partial charge >= 0.3 is 0 Å². The summed E-state index contributed by atoms with van der Waals surface area (Å²) in [5.41, 5.74) is 10.9. The molecule has 13 heavy (non-hydrogen) atoms. The Labute approximate surface area is 83.3 Å². The molecule has 0 saturated carbocycles. The van der Waals surface area contributed by atoms with Crippen molar-refractivity contribution in [3.8, 4) is 0 Å². The summed E-state index contributed by atoms with van der Waals surface area (Å²) < 4.78 is 0. The third-order valence-corrected chi connectivity index (χ3v) is 4.23. The minimum atomic E-state index is 0.0554. The lowest BCUT2D eigenvalue weighted by Gasteiger charge is -2.20. The van der Waals surface area contributed by atoms with E-state index < -0.39 is 0 Å². The molecule has 0 aromatic carbocycles. The summed E-state index contributed by atoms with van der Waals surface area (Å²) >= 11 is 1.93. The average molecular weight is 202 g/mol. The van der Waals surface area contributed by atoms with Gasteiger partial charge in [0, 0.05) is 18.3 Å². The number of thioether (sulfide) groups is 1. The van der Waals surface area contributed by atoms with Gasteiger partial charge in [0.1, 0.15) is 0 Å². The molecule has 0 aromatic rings. The van der Waals surface area contributed by atoms with Crippen LogP contribution in [0.3, 0.4) is 0 Å². The summed E-state index contributed by atoms with van der Waals surface area (Å²) in [4.78, 5) is 0. The fourth-order valence-corrected chi connectivity index (χ4v) is 3.24. The first-order valence-electron chi connectivity index (χ1n) is 4.54.